The molecule has 1 aromatic carbocycles. The van der Waals surface area contributed by atoms with Crippen LogP contribution >= 0.6 is 11.6 Å². The van der Waals surface area contributed by atoms with Gasteiger partial charge in [-0.2, -0.15) is 0 Å². The van der Waals surface area contributed by atoms with Crippen LogP contribution in [0.15, 0.2) is 18.2 Å². The first-order valence-electron chi connectivity index (χ1n) is 6.25. The largest absolute Gasteiger partial charge is 0.354 e. The van der Waals surface area contributed by atoms with Crippen molar-refractivity contribution in [2.45, 2.75) is 13.8 Å². The second kappa shape index (κ2) is 7.72. The summed E-state index contributed by atoms with van der Waals surface area (Å²) in [6, 6.07) is 4.69. The zero-order chi connectivity index (χ0) is 15.1. The molecule has 0 radical (unpaired) electrons. The molecule has 0 unspecified atom stereocenters. The quantitative estimate of drug-likeness (QED) is 0.467. The van der Waals surface area contributed by atoms with Crippen LogP contribution in [0.25, 0.3) is 0 Å². The van der Waals surface area contributed by atoms with Gasteiger partial charge in [0.15, 0.2) is 0 Å². The van der Waals surface area contributed by atoms with E-state index in [0.717, 1.165) is 0 Å². The van der Waals surface area contributed by atoms with Gasteiger partial charge >= 0.3 is 0 Å². The maximum absolute atomic E-state index is 12.0. The molecule has 1 rings (SSSR count). The van der Waals surface area contributed by atoms with Crippen molar-refractivity contribution in [3.8, 4) is 0 Å². The van der Waals surface area contributed by atoms with Crippen molar-refractivity contribution in [1.29, 1.82) is 0 Å². The molecule has 0 saturated carbocycles. The van der Waals surface area contributed by atoms with Crippen molar-refractivity contribution in [3.63, 3.8) is 0 Å². The molecular formula is C13H19ClN4O2. The van der Waals surface area contributed by atoms with Gasteiger partial charge in [-0.3, -0.25) is 15.4 Å². The van der Waals surface area contributed by atoms with Crippen LogP contribution in [0.3, 0.4) is 0 Å². The Bertz CT molecular complexity index is 491. The van der Waals surface area contributed by atoms with Gasteiger partial charge < -0.3 is 16.1 Å². The number of halogens is 1. The summed E-state index contributed by atoms with van der Waals surface area (Å²) in [5.74, 6) is 5.02. The zero-order valence-corrected chi connectivity index (χ0v) is 12.3. The molecule has 0 aliphatic rings. The second-order valence-corrected chi connectivity index (χ2v) is 5.15. The second-order valence-electron chi connectivity index (χ2n) is 4.71. The molecule has 0 spiro atoms. The number of nitrogens with two attached hydrogens (primary N) is 1. The van der Waals surface area contributed by atoms with Gasteiger partial charge in [-0.05, 0) is 24.1 Å². The van der Waals surface area contributed by atoms with Gasteiger partial charge in [0.05, 0.1) is 17.8 Å². The summed E-state index contributed by atoms with van der Waals surface area (Å²) in [6.45, 7) is 4.46. The number of benzene rings is 1. The number of amides is 2. The van der Waals surface area contributed by atoms with Crippen molar-refractivity contribution >= 4 is 29.1 Å². The topological polar surface area (TPSA) is 96.2 Å². The Morgan fingerprint density at radius 3 is 2.60 bits per heavy atom. The van der Waals surface area contributed by atoms with Crippen LogP contribution in [0.4, 0.5) is 5.69 Å². The summed E-state index contributed by atoms with van der Waals surface area (Å²) in [7, 11) is 0. The molecule has 0 bridgehead atoms. The number of hydrogen-bond acceptors (Lipinski definition) is 4. The Hall–Kier alpha value is -1.79. The molecule has 2 amide bonds. The summed E-state index contributed by atoms with van der Waals surface area (Å²) in [4.78, 5) is 23.5. The summed E-state index contributed by atoms with van der Waals surface area (Å²) in [5, 5.41) is 5.64. The molecule has 0 heterocycles. The van der Waals surface area contributed by atoms with Crippen molar-refractivity contribution in [2.24, 2.45) is 11.8 Å². The van der Waals surface area contributed by atoms with Crippen molar-refractivity contribution in [3.05, 3.63) is 28.8 Å². The van der Waals surface area contributed by atoms with Crippen LogP contribution < -0.4 is 21.9 Å². The van der Waals surface area contributed by atoms with E-state index in [-0.39, 0.29) is 18.0 Å². The van der Waals surface area contributed by atoms with E-state index in [1.54, 1.807) is 12.1 Å². The predicted molar refractivity (Wildman–Crippen MR) is 79.4 cm³/mol. The highest BCUT2D eigenvalue weighted by Gasteiger charge is 2.12. The van der Waals surface area contributed by atoms with Gasteiger partial charge in [0, 0.05) is 11.6 Å². The molecular weight excluding hydrogens is 280 g/mol. The van der Waals surface area contributed by atoms with Gasteiger partial charge in [-0.1, -0.05) is 25.4 Å². The lowest BCUT2D eigenvalue weighted by Crippen LogP contribution is -2.38. The highest BCUT2D eigenvalue weighted by molar-refractivity contribution is 6.31. The molecule has 0 aliphatic carbocycles. The first-order valence-corrected chi connectivity index (χ1v) is 6.63. The van der Waals surface area contributed by atoms with Gasteiger partial charge in [0.2, 0.25) is 5.91 Å². The first-order chi connectivity index (χ1) is 9.43. The molecule has 0 atom stereocenters. The Kier molecular flexibility index (Phi) is 6.27. The number of rotatable bonds is 6. The van der Waals surface area contributed by atoms with E-state index in [4.69, 9.17) is 17.4 Å². The smallest absolute Gasteiger partial charge is 0.253 e. The molecule has 0 saturated heterocycles. The minimum atomic E-state index is -0.417. The monoisotopic (exact) mass is 298 g/mol. The van der Waals surface area contributed by atoms with E-state index in [1.165, 1.54) is 6.07 Å². The lowest BCUT2D eigenvalue weighted by molar-refractivity contribution is -0.120. The van der Waals surface area contributed by atoms with E-state index in [0.29, 0.717) is 23.2 Å². The number of anilines is 1. The number of carbonyl (C=O) groups is 2. The summed E-state index contributed by atoms with van der Waals surface area (Å²) in [5.41, 5.74) is 3.14. The minimum absolute atomic E-state index is 0.0952. The van der Waals surface area contributed by atoms with Crippen LogP contribution in [0.2, 0.25) is 5.02 Å². The third-order valence-electron chi connectivity index (χ3n) is 2.50. The molecule has 6 nitrogen and oxygen atoms in total. The fourth-order valence-corrected chi connectivity index (χ4v) is 1.64. The number of hydrogen-bond donors (Lipinski definition) is 4. The van der Waals surface area contributed by atoms with E-state index >= 15 is 0 Å². The molecule has 0 fully saturated rings. The highest BCUT2D eigenvalue weighted by atomic mass is 35.5. The summed E-state index contributed by atoms with van der Waals surface area (Å²) in [6.07, 6.45) is 0. The van der Waals surface area contributed by atoms with Crippen LogP contribution in [0, 0.1) is 5.92 Å². The molecule has 7 heteroatoms. The number of nitrogens with one attached hydrogen (secondary N) is 3. The normalized spacial score (nSPS) is 10.2. The Morgan fingerprint density at radius 2 is 2.00 bits per heavy atom. The maximum Gasteiger partial charge on any atom is 0.253 e. The fourth-order valence-electron chi connectivity index (χ4n) is 1.47. The number of nitrogen functional groups attached to an aromatic ring is 1. The molecule has 5 N–H and O–H groups in total. The number of carbonyl (C=O) groups excluding carboxylic acids is 2. The third kappa shape index (κ3) is 5.07. The van der Waals surface area contributed by atoms with E-state index in [1.807, 2.05) is 13.8 Å². The van der Waals surface area contributed by atoms with Crippen molar-refractivity contribution in [2.75, 3.05) is 18.5 Å². The van der Waals surface area contributed by atoms with Gasteiger partial charge in [-0.15, -0.1) is 0 Å². The Morgan fingerprint density at radius 1 is 1.30 bits per heavy atom. The molecule has 20 heavy (non-hydrogen) atoms. The molecule has 0 aromatic heterocycles. The summed E-state index contributed by atoms with van der Waals surface area (Å²) >= 11 is 5.84. The average Bonchev–Trinajstić information content (AvgIpc) is 2.42. The van der Waals surface area contributed by atoms with E-state index in [9.17, 15) is 9.59 Å². The third-order valence-corrected chi connectivity index (χ3v) is 2.73. The summed E-state index contributed by atoms with van der Waals surface area (Å²) < 4.78 is 0. The van der Waals surface area contributed by atoms with E-state index < -0.39 is 5.91 Å². The van der Waals surface area contributed by atoms with Gasteiger partial charge in [-0.25, -0.2) is 0 Å². The Balaban J connectivity index is 2.59. The van der Waals surface area contributed by atoms with E-state index in [2.05, 4.69) is 16.1 Å². The SMILES string of the molecule is CC(C)CNC(=O)CNC(=O)c1cc(Cl)ccc1NN. The molecule has 110 valence electrons. The van der Waals surface area contributed by atoms with Crippen LogP contribution in [0.1, 0.15) is 24.2 Å². The molecule has 0 aliphatic heterocycles. The lowest BCUT2D eigenvalue weighted by Gasteiger charge is -2.11. The highest BCUT2D eigenvalue weighted by Crippen LogP contribution is 2.19. The first kappa shape index (κ1) is 16.3. The predicted octanol–water partition coefficient (Wildman–Crippen LogP) is 1.13. The standard InChI is InChI=1S/C13H19ClN4O2/c1-8(2)6-16-12(19)7-17-13(20)10-5-9(14)3-4-11(10)18-15/h3-5,8,18H,6-7,15H2,1-2H3,(H,16,19)(H,17,20). The van der Waals surface area contributed by atoms with Gasteiger partial charge in [0.1, 0.15) is 0 Å². The fraction of sp³-hybridized carbons (Fsp3) is 0.385. The zero-order valence-electron chi connectivity index (χ0n) is 11.5. The maximum atomic E-state index is 12.0. The van der Waals surface area contributed by atoms with Crippen molar-refractivity contribution < 1.29 is 9.59 Å². The van der Waals surface area contributed by atoms with Crippen LogP contribution in [-0.4, -0.2) is 24.9 Å². The lowest BCUT2D eigenvalue weighted by atomic mass is 10.1. The Labute approximate surface area is 123 Å². The van der Waals surface area contributed by atoms with Crippen LogP contribution in [0.5, 0.6) is 0 Å². The minimum Gasteiger partial charge on any atom is -0.354 e. The molecule has 1 aromatic rings. The number of hydrazine groups is 1. The van der Waals surface area contributed by atoms with Gasteiger partial charge in [0.25, 0.3) is 5.91 Å². The average molecular weight is 299 g/mol. The van der Waals surface area contributed by atoms with Crippen molar-refractivity contribution in [1.82, 2.24) is 10.6 Å². The van der Waals surface area contributed by atoms with Crippen LogP contribution in [-0.2, 0) is 4.79 Å².